The standard InChI is InChI=1S/C29H27F3N4O4S/c1-14-21-11-17(12-22(14)36(21)28-34-20-9-8-16(27(37)38)10-24(20)41-28)33-13-19-25(35-40-26(19)15-6-7-15)18-4-2-3-5-23(18)39-29(30,31)32/h2-5,8-10,14-15,17,21-22,33H,6-7,11-13H2,1H3,(H,37,38). The molecule has 2 aliphatic carbocycles. The Morgan fingerprint density at radius 2 is 1.95 bits per heavy atom. The third kappa shape index (κ3) is 4.82. The van der Waals surface area contributed by atoms with Gasteiger partial charge in [-0.2, -0.15) is 0 Å². The molecule has 12 heteroatoms. The Kier molecular flexibility index (Phi) is 6.23. The fourth-order valence-corrected chi connectivity index (χ4v) is 7.46. The Hall–Kier alpha value is -3.64. The summed E-state index contributed by atoms with van der Waals surface area (Å²) in [4.78, 5) is 18.5. The summed E-state index contributed by atoms with van der Waals surface area (Å²) in [6.07, 6.45) is -1.09. The molecule has 4 fully saturated rings. The van der Waals surface area contributed by atoms with Gasteiger partial charge in [0.05, 0.1) is 15.8 Å². The maximum Gasteiger partial charge on any atom is 0.573 e. The first-order valence-corrected chi connectivity index (χ1v) is 14.5. The molecule has 2 aliphatic heterocycles. The SMILES string of the molecule is CC1C2CC(NCc3c(-c4ccccc4OC(F)(F)F)noc3C3CC3)CC1N2c1nc2ccc(C(=O)O)cc2s1. The number of para-hydroxylation sites is 1. The highest BCUT2D eigenvalue weighted by atomic mass is 32.1. The van der Waals surface area contributed by atoms with Gasteiger partial charge in [0.15, 0.2) is 5.13 Å². The number of alkyl halides is 3. The zero-order chi connectivity index (χ0) is 28.5. The van der Waals surface area contributed by atoms with Crippen molar-refractivity contribution in [2.75, 3.05) is 4.90 Å². The van der Waals surface area contributed by atoms with Gasteiger partial charge in [0.2, 0.25) is 0 Å². The number of rotatable bonds is 8. The number of carboxylic acid groups (broad SMARTS) is 1. The summed E-state index contributed by atoms with van der Waals surface area (Å²) in [7, 11) is 0. The molecule has 0 amide bonds. The fraction of sp³-hybridized carbons (Fsp3) is 0.414. The molecule has 2 atom stereocenters. The second-order valence-corrected chi connectivity index (χ2v) is 12.1. The van der Waals surface area contributed by atoms with Crippen molar-refractivity contribution < 1.29 is 32.3 Å². The highest BCUT2D eigenvalue weighted by Gasteiger charge is 2.52. The van der Waals surface area contributed by atoms with E-state index in [0.29, 0.717) is 18.2 Å². The highest BCUT2D eigenvalue weighted by Crippen LogP contribution is 2.49. The Morgan fingerprint density at radius 3 is 2.66 bits per heavy atom. The number of aromatic nitrogens is 2. The van der Waals surface area contributed by atoms with Gasteiger partial charge in [-0.3, -0.25) is 0 Å². The minimum atomic E-state index is -4.81. The monoisotopic (exact) mass is 584 g/mol. The molecule has 214 valence electrons. The number of hydrogen-bond donors (Lipinski definition) is 2. The normalized spacial score (nSPS) is 24.0. The van der Waals surface area contributed by atoms with Crippen molar-refractivity contribution in [3.05, 3.63) is 59.4 Å². The van der Waals surface area contributed by atoms with Crippen LogP contribution in [0.5, 0.6) is 5.75 Å². The molecule has 2 unspecified atom stereocenters. The van der Waals surface area contributed by atoms with Crippen LogP contribution >= 0.6 is 11.3 Å². The lowest BCUT2D eigenvalue weighted by Gasteiger charge is -2.60. The molecule has 8 nitrogen and oxygen atoms in total. The largest absolute Gasteiger partial charge is 0.573 e. The molecule has 4 heterocycles. The Morgan fingerprint density at radius 1 is 1.20 bits per heavy atom. The lowest BCUT2D eigenvalue weighted by atomic mass is 9.69. The topological polar surface area (TPSA) is 101 Å². The van der Waals surface area contributed by atoms with Crippen LogP contribution in [-0.4, -0.2) is 45.7 Å². The van der Waals surface area contributed by atoms with E-state index < -0.39 is 12.3 Å². The number of carbonyl (C=O) groups is 1. The van der Waals surface area contributed by atoms with Crippen LogP contribution in [-0.2, 0) is 6.54 Å². The number of fused-ring (bicyclic) bond motifs is 3. The summed E-state index contributed by atoms with van der Waals surface area (Å²) in [5.74, 6) is 0.211. The molecule has 2 aromatic heterocycles. The van der Waals surface area contributed by atoms with E-state index in [9.17, 15) is 23.1 Å². The van der Waals surface area contributed by atoms with Crippen molar-refractivity contribution in [1.82, 2.24) is 15.5 Å². The number of anilines is 1. The molecule has 0 radical (unpaired) electrons. The number of halogens is 3. The smallest absolute Gasteiger partial charge is 0.478 e. The number of thiazole rings is 1. The van der Waals surface area contributed by atoms with E-state index in [0.717, 1.165) is 52.4 Å². The van der Waals surface area contributed by atoms with Crippen molar-refractivity contribution in [3.8, 4) is 17.0 Å². The van der Waals surface area contributed by atoms with Gasteiger partial charge < -0.3 is 24.6 Å². The molecule has 0 spiro atoms. The molecule has 2 bridgehead atoms. The first-order chi connectivity index (χ1) is 19.7. The first kappa shape index (κ1) is 26.3. The van der Waals surface area contributed by atoms with E-state index in [-0.39, 0.29) is 40.9 Å². The minimum Gasteiger partial charge on any atom is -0.478 e. The number of nitrogens with zero attached hydrogens (tertiary/aromatic N) is 3. The van der Waals surface area contributed by atoms with E-state index in [4.69, 9.17) is 9.51 Å². The summed E-state index contributed by atoms with van der Waals surface area (Å²) in [5.41, 5.74) is 2.47. The lowest BCUT2D eigenvalue weighted by molar-refractivity contribution is -0.274. The Bertz CT molecular complexity index is 1620. The van der Waals surface area contributed by atoms with Crippen molar-refractivity contribution in [2.24, 2.45) is 5.92 Å². The van der Waals surface area contributed by atoms with Crippen molar-refractivity contribution in [3.63, 3.8) is 0 Å². The quantitative estimate of drug-likeness (QED) is 0.240. The number of ether oxygens (including phenoxy) is 1. The third-order valence-electron chi connectivity index (χ3n) is 8.53. The molecule has 2 saturated carbocycles. The summed E-state index contributed by atoms with van der Waals surface area (Å²) in [5, 5.41) is 18.1. The van der Waals surface area contributed by atoms with Crippen molar-refractivity contribution >= 4 is 32.7 Å². The maximum absolute atomic E-state index is 13.1. The third-order valence-corrected chi connectivity index (χ3v) is 9.56. The van der Waals surface area contributed by atoms with Crippen LogP contribution in [0.4, 0.5) is 18.3 Å². The van der Waals surface area contributed by atoms with Crippen molar-refractivity contribution in [2.45, 2.75) is 69.6 Å². The predicted molar refractivity (Wildman–Crippen MR) is 146 cm³/mol. The van der Waals surface area contributed by atoms with Crippen LogP contribution in [0.25, 0.3) is 21.5 Å². The van der Waals surface area contributed by atoms with Crippen molar-refractivity contribution in [1.29, 1.82) is 0 Å². The van der Waals surface area contributed by atoms with Gasteiger partial charge in [0, 0.05) is 41.7 Å². The fourth-order valence-electron chi connectivity index (χ4n) is 6.34. The second-order valence-electron chi connectivity index (χ2n) is 11.1. The van der Waals surface area contributed by atoms with Gasteiger partial charge in [-0.1, -0.05) is 35.5 Å². The number of hydrogen-bond acceptors (Lipinski definition) is 8. The molecular formula is C29H27F3N4O4S. The summed E-state index contributed by atoms with van der Waals surface area (Å²) >= 11 is 1.52. The van der Waals surface area contributed by atoms with Crippen LogP contribution in [0.1, 0.15) is 60.2 Å². The zero-order valence-corrected chi connectivity index (χ0v) is 22.8. The van der Waals surface area contributed by atoms with E-state index >= 15 is 0 Å². The van der Waals surface area contributed by atoms with Crippen LogP contribution in [0.15, 0.2) is 47.0 Å². The van der Waals surface area contributed by atoms with Gasteiger partial charge in [-0.05, 0) is 61.9 Å². The number of nitrogens with one attached hydrogen (secondary N) is 1. The van der Waals surface area contributed by atoms with Gasteiger partial charge in [-0.15, -0.1) is 13.2 Å². The molecule has 2 aromatic carbocycles. The highest BCUT2D eigenvalue weighted by molar-refractivity contribution is 7.22. The van der Waals surface area contributed by atoms with Gasteiger partial charge >= 0.3 is 12.3 Å². The summed E-state index contributed by atoms with van der Waals surface area (Å²) in [6, 6.07) is 11.8. The first-order valence-electron chi connectivity index (χ1n) is 13.7. The predicted octanol–water partition coefficient (Wildman–Crippen LogP) is 6.57. The summed E-state index contributed by atoms with van der Waals surface area (Å²) in [6.45, 7) is 2.68. The minimum absolute atomic E-state index is 0.210. The number of piperidine rings is 1. The molecule has 2 saturated heterocycles. The average molecular weight is 585 g/mol. The van der Waals surface area contributed by atoms with Crippen LogP contribution < -0.4 is 15.0 Å². The Balaban J connectivity index is 1.09. The number of benzene rings is 2. The molecular weight excluding hydrogens is 557 g/mol. The lowest BCUT2D eigenvalue weighted by Crippen LogP contribution is -2.70. The molecule has 4 aliphatic rings. The molecule has 41 heavy (non-hydrogen) atoms. The van der Waals surface area contributed by atoms with E-state index in [2.05, 4.69) is 27.0 Å². The zero-order valence-electron chi connectivity index (χ0n) is 22.0. The average Bonchev–Trinajstić information content (AvgIpc) is 3.56. The number of carboxylic acids is 1. The van der Waals surface area contributed by atoms with Crippen LogP contribution in [0.3, 0.4) is 0 Å². The molecule has 2 N–H and O–H groups in total. The van der Waals surface area contributed by atoms with E-state index in [1.165, 1.54) is 23.5 Å². The van der Waals surface area contributed by atoms with E-state index in [1.807, 2.05) is 0 Å². The maximum atomic E-state index is 13.1. The van der Waals surface area contributed by atoms with Crippen LogP contribution in [0, 0.1) is 5.92 Å². The molecule has 4 aromatic rings. The van der Waals surface area contributed by atoms with Gasteiger partial charge in [0.25, 0.3) is 0 Å². The van der Waals surface area contributed by atoms with Gasteiger partial charge in [-0.25, -0.2) is 9.78 Å². The van der Waals surface area contributed by atoms with E-state index in [1.54, 1.807) is 30.3 Å². The van der Waals surface area contributed by atoms with Crippen LogP contribution in [0.2, 0.25) is 0 Å². The number of aromatic carboxylic acids is 1. The second kappa shape index (κ2) is 9.73. The Labute approximate surface area is 237 Å². The molecule has 8 rings (SSSR count). The van der Waals surface area contributed by atoms with Gasteiger partial charge in [0.1, 0.15) is 17.2 Å². The summed E-state index contributed by atoms with van der Waals surface area (Å²) < 4.78 is 50.2.